The summed E-state index contributed by atoms with van der Waals surface area (Å²) in [4.78, 5) is 38.5. The van der Waals surface area contributed by atoms with Crippen LogP contribution in [0, 0.1) is 0 Å². The van der Waals surface area contributed by atoms with Crippen LogP contribution >= 0.6 is 0 Å². The molecule has 3 amide bonds. The molecule has 0 bridgehead atoms. The predicted octanol–water partition coefficient (Wildman–Crippen LogP) is 1.18. The highest BCUT2D eigenvalue weighted by atomic mass is 32.2. The van der Waals surface area contributed by atoms with Crippen LogP contribution in [0.2, 0.25) is 0 Å². The summed E-state index contributed by atoms with van der Waals surface area (Å²) in [7, 11) is -5.46. The number of carbonyl (C=O) groups is 3. The minimum atomic E-state index is -4.19. The van der Waals surface area contributed by atoms with Gasteiger partial charge in [-0.3, -0.25) is 19.6 Å². The molecule has 0 aromatic heterocycles. The zero-order valence-electron chi connectivity index (χ0n) is 23.1. The number of unbranched alkanes of at least 4 members (excludes halogenated alkanes) is 1. The van der Waals surface area contributed by atoms with Gasteiger partial charge in [0.1, 0.15) is 17.0 Å². The summed E-state index contributed by atoms with van der Waals surface area (Å²) in [6, 6.07) is 6.66. The summed E-state index contributed by atoms with van der Waals surface area (Å²) in [5.74, 6) is -0.207. The number of likely N-dealkylation sites (tertiary alicyclic amines) is 1. The number of sulfonamides is 2. The number of nitrogens with two attached hydrogens (primary N) is 1. The van der Waals surface area contributed by atoms with Crippen molar-refractivity contribution in [2.75, 3.05) is 38.6 Å². The van der Waals surface area contributed by atoms with Crippen molar-refractivity contribution in [3.8, 4) is 11.5 Å². The Labute approximate surface area is 244 Å². The molecule has 4 rings (SSSR count). The van der Waals surface area contributed by atoms with Crippen molar-refractivity contribution in [2.24, 2.45) is 5.14 Å². The largest absolute Gasteiger partial charge is 0.496 e. The van der Waals surface area contributed by atoms with Gasteiger partial charge in [-0.2, -0.15) is 0 Å². The first kappa shape index (κ1) is 31.2. The molecule has 2 aliphatic heterocycles. The van der Waals surface area contributed by atoms with E-state index in [4.69, 9.17) is 14.6 Å². The number of ketones is 1. The number of hydrogen-bond donors (Lipinski definition) is 4. The molecule has 0 saturated carbocycles. The number of benzene rings is 2. The number of Topliss-reactive ketones (excluding diaryl/α,β-unsaturated/α-hetero) is 1. The van der Waals surface area contributed by atoms with Gasteiger partial charge >= 0.3 is 6.03 Å². The van der Waals surface area contributed by atoms with Gasteiger partial charge in [0, 0.05) is 25.6 Å². The first-order valence-electron chi connectivity index (χ1n) is 13.1. The molecule has 0 unspecified atom stereocenters. The molecule has 2 heterocycles. The lowest BCUT2D eigenvalue weighted by atomic mass is 9.87. The van der Waals surface area contributed by atoms with Crippen LogP contribution in [0.5, 0.6) is 11.5 Å². The minimum absolute atomic E-state index is 0.00228. The maximum atomic E-state index is 13.2. The Kier molecular flexibility index (Phi) is 9.10. The topological polar surface area (TPSA) is 203 Å². The Morgan fingerprint density at radius 1 is 0.976 bits per heavy atom. The van der Waals surface area contributed by atoms with Crippen LogP contribution in [-0.4, -0.2) is 78.8 Å². The van der Waals surface area contributed by atoms with Crippen molar-refractivity contribution in [2.45, 2.75) is 47.4 Å². The van der Waals surface area contributed by atoms with Crippen LogP contribution in [0.4, 0.5) is 10.5 Å². The van der Waals surface area contributed by atoms with E-state index in [1.54, 1.807) is 0 Å². The normalized spacial score (nSPS) is 17.0. The first-order valence-corrected chi connectivity index (χ1v) is 16.1. The standard InChI is InChI=1S/C26H33N5O9S2/c1-39-22-16-23(40-2)20(30-42(37,38)18-8-6-17(7-9-18)41(27,35)36)15-19(22)21(32)5-3-4-12-31-13-10-26(11-14-31)24(33)28-25(34)29-26/h6-9,15-16,30H,3-5,10-14H2,1-2H3,(H2,27,35,36)(H2,28,29,33,34). The number of anilines is 1. The fourth-order valence-corrected chi connectivity index (χ4v) is 6.58. The van der Waals surface area contributed by atoms with Gasteiger partial charge in [0.2, 0.25) is 10.0 Å². The molecule has 0 radical (unpaired) electrons. The highest BCUT2D eigenvalue weighted by molar-refractivity contribution is 7.92. The number of nitrogens with zero attached hydrogens (tertiary/aromatic N) is 1. The monoisotopic (exact) mass is 623 g/mol. The van der Waals surface area contributed by atoms with Gasteiger partial charge in [0.05, 0.1) is 35.3 Å². The number of nitrogens with one attached hydrogen (secondary N) is 3. The second-order valence-corrected chi connectivity index (χ2v) is 13.3. The molecule has 14 nitrogen and oxygen atoms in total. The van der Waals surface area contributed by atoms with Crippen LogP contribution in [-0.2, 0) is 24.8 Å². The number of urea groups is 1. The number of primary sulfonamides is 1. The van der Waals surface area contributed by atoms with Crippen LogP contribution in [0.15, 0.2) is 46.2 Å². The number of methoxy groups -OCH3 is 2. The third-order valence-electron chi connectivity index (χ3n) is 7.38. The summed E-state index contributed by atoms with van der Waals surface area (Å²) >= 11 is 0. The molecule has 2 aliphatic rings. The van der Waals surface area contributed by atoms with E-state index in [2.05, 4.69) is 20.3 Å². The molecule has 0 atom stereocenters. The van der Waals surface area contributed by atoms with Crippen LogP contribution in [0.1, 0.15) is 42.5 Å². The van der Waals surface area contributed by atoms with Gasteiger partial charge in [-0.1, -0.05) is 0 Å². The van der Waals surface area contributed by atoms with Gasteiger partial charge in [-0.15, -0.1) is 0 Å². The number of rotatable bonds is 12. The lowest BCUT2D eigenvalue weighted by molar-refractivity contribution is -0.125. The predicted molar refractivity (Wildman–Crippen MR) is 151 cm³/mol. The van der Waals surface area contributed by atoms with E-state index in [1.807, 2.05) is 0 Å². The Hall–Kier alpha value is -3.73. The number of hydrogen-bond acceptors (Lipinski definition) is 10. The van der Waals surface area contributed by atoms with E-state index in [1.165, 1.54) is 26.4 Å². The van der Waals surface area contributed by atoms with Gasteiger partial charge in [0.15, 0.2) is 5.78 Å². The maximum absolute atomic E-state index is 13.2. The van der Waals surface area contributed by atoms with Crippen LogP contribution in [0.3, 0.4) is 0 Å². The second kappa shape index (κ2) is 12.2. The van der Waals surface area contributed by atoms with Crippen molar-refractivity contribution in [1.29, 1.82) is 0 Å². The Morgan fingerprint density at radius 2 is 1.60 bits per heavy atom. The van der Waals surface area contributed by atoms with E-state index in [9.17, 15) is 31.2 Å². The Morgan fingerprint density at radius 3 is 2.14 bits per heavy atom. The van der Waals surface area contributed by atoms with E-state index in [0.29, 0.717) is 45.3 Å². The van der Waals surface area contributed by atoms with Crippen molar-refractivity contribution in [3.63, 3.8) is 0 Å². The summed E-state index contributed by atoms with van der Waals surface area (Å²) in [5, 5.41) is 10.1. The van der Waals surface area contributed by atoms with E-state index >= 15 is 0 Å². The van der Waals surface area contributed by atoms with E-state index < -0.39 is 31.6 Å². The van der Waals surface area contributed by atoms with E-state index in [-0.39, 0.29) is 50.7 Å². The minimum Gasteiger partial charge on any atom is -0.496 e. The van der Waals surface area contributed by atoms with Crippen molar-refractivity contribution in [3.05, 3.63) is 42.0 Å². The molecule has 5 N–H and O–H groups in total. The number of amides is 3. The molecule has 228 valence electrons. The molecule has 16 heteroatoms. The molecule has 42 heavy (non-hydrogen) atoms. The number of piperidine rings is 1. The average Bonchev–Trinajstić information content (AvgIpc) is 3.22. The van der Waals surface area contributed by atoms with Gasteiger partial charge in [-0.25, -0.2) is 26.8 Å². The highest BCUT2D eigenvalue weighted by Gasteiger charge is 2.47. The quantitative estimate of drug-likeness (QED) is 0.151. The first-order chi connectivity index (χ1) is 19.8. The molecular formula is C26H33N5O9S2. The molecule has 2 aromatic rings. The van der Waals surface area contributed by atoms with Gasteiger partial charge in [0.25, 0.3) is 15.9 Å². The fraction of sp³-hybridized carbons (Fsp3) is 0.423. The Balaban J connectivity index is 1.39. The molecule has 2 fully saturated rings. The second-order valence-electron chi connectivity index (χ2n) is 10.1. The fourth-order valence-electron chi connectivity index (χ4n) is 5.00. The highest BCUT2D eigenvalue weighted by Crippen LogP contribution is 2.35. The summed E-state index contributed by atoms with van der Waals surface area (Å²) in [6.45, 7) is 2.00. The van der Waals surface area contributed by atoms with Crippen molar-refractivity contribution < 1.29 is 40.7 Å². The lowest BCUT2D eigenvalue weighted by Gasteiger charge is -2.36. The number of ether oxygens (including phenoxy) is 2. The van der Waals surface area contributed by atoms with E-state index in [0.717, 1.165) is 24.3 Å². The summed E-state index contributed by atoms with van der Waals surface area (Å²) in [5.41, 5.74) is -0.659. The van der Waals surface area contributed by atoms with Crippen LogP contribution in [0.25, 0.3) is 0 Å². The average molecular weight is 624 g/mol. The molecule has 2 aromatic carbocycles. The number of imide groups is 1. The molecule has 1 spiro atoms. The zero-order valence-corrected chi connectivity index (χ0v) is 24.8. The molecule has 0 aliphatic carbocycles. The van der Waals surface area contributed by atoms with Crippen LogP contribution < -0.4 is 30.0 Å². The van der Waals surface area contributed by atoms with Gasteiger partial charge < -0.3 is 19.7 Å². The van der Waals surface area contributed by atoms with Crippen molar-refractivity contribution >= 4 is 43.5 Å². The smallest absolute Gasteiger partial charge is 0.322 e. The number of carbonyl (C=O) groups excluding carboxylic acids is 3. The summed E-state index contributed by atoms with van der Waals surface area (Å²) < 4.78 is 62.1. The Bertz CT molecular complexity index is 1580. The third kappa shape index (κ3) is 6.83. The maximum Gasteiger partial charge on any atom is 0.322 e. The third-order valence-corrected chi connectivity index (χ3v) is 9.69. The SMILES string of the molecule is COc1cc(OC)c(C(=O)CCCCN2CCC3(CC2)NC(=O)NC3=O)cc1NS(=O)(=O)c1ccc(S(N)(=O)=O)cc1. The summed E-state index contributed by atoms with van der Waals surface area (Å²) in [6.07, 6.45) is 2.48. The molecule has 2 saturated heterocycles. The lowest BCUT2D eigenvalue weighted by Crippen LogP contribution is -2.54. The van der Waals surface area contributed by atoms with Gasteiger partial charge in [-0.05, 0) is 62.6 Å². The molecular weight excluding hydrogens is 590 g/mol. The zero-order chi connectivity index (χ0) is 30.7. The van der Waals surface area contributed by atoms with Crippen molar-refractivity contribution in [1.82, 2.24) is 15.5 Å².